The summed E-state index contributed by atoms with van der Waals surface area (Å²) < 4.78 is 14.7. The molecule has 5 nitrogen and oxygen atoms in total. The number of aliphatic hydroxyl groups is 1. The summed E-state index contributed by atoms with van der Waals surface area (Å²) in [5.41, 5.74) is 1.86. The molecule has 1 unspecified atom stereocenters. The minimum atomic E-state index is -1.72. The maximum atomic E-state index is 14.7. The summed E-state index contributed by atoms with van der Waals surface area (Å²) in [4.78, 5) is 14.7. The Hall–Kier alpha value is -3.40. The van der Waals surface area contributed by atoms with Crippen molar-refractivity contribution in [2.24, 2.45) is 0 Å². The Morgan fingerprint density at radius 2 is 2.00 bits per heavy atom. The number of anilines is 2. The number of carbonyl (C=O) groups excluding carboxylic acids is 1. The van der Waals surface area contributed by atoms with Crippen LogP contribution in [0.15, 0.2) is 60.7 Å². The zero-order chi connectivity index (χ0) is 22.9. The zero-order valence-corrected chi connectivity index (χ0v) is 18.2. The number of fused-ring (bicyclic) bond motifs is 1. The second-order valence-corrected chi connectivity index (χ2v) is 8.44. The molecule has 0 fully saturated rings. The number of carbonyl (C=O) groups is 1. The Morgan fingerprint density at radius 1 is 1.25 bits per heavy atom. The van der Waals surface area contributed by atoms with E-state index in [1.165, 1.54) is 25.1 Å². The average Bonchev–Trinajstić information content (AvgIpc) is 3.14. The molecule has 1 amide bonds. The Balaban J connectivity index is 1.54. The first kappa shape index (κ1) is 21.8. The molecule has 1 aliphatic rings. The van der Waals surface area contributed by atoms with Crippen molar-refractivity contribution in [3.05, 3.63) is 82.6 Å². The molecular formula is C25H21ClFN3O2. The van der Waals surface area contributed by atoms with E-state index in [-0.39, 0.29) is 17.4 Å². The van der Waals surface area contributed by atoms with Gasteiger partial charge in [0.05, 0.1) is 17.1 Å². The minimum Gasteiger partial charge on any atom is -0.378 e. The van der Waals surface area contributed by atoms with Crippen LogP contribution in [-0.2, 0) is 11.2 Å². The van der Waals surface area contributed by atoms with E-state index in [9.17, 15) is 14.3 Å². The SMILES string of the molecule is CC(O)(CN1CCc2cc(F)c(-c3ccccc3)cc21)C(=O)Nc1ccc(C#N)c(Cl)c1. The van der Waals surface area contributed by atoms with Crippen LogP contribution < -0.4 is 10.2 Å². The first-order valence-electron chi connectivity index (χ1n) is 10.1. The summed E-state index contributed by atoms with van der Waals surface area (Å²) in [6, 6.07) is 19.1. The highest BCUT2D eigenvalue weighted by molar-refractivity contribution is 6.32. The molecule has 0 bridgehead atoms. The average molecular weight is 450 g/mol. The molecule has 3 aromatic carbocycles. The van der Waals surface area contributed by atoms with Gasteiger partial charge in [0.1, 0.15) is 11.9 Å². The molecular weight excluding hydrogens is 429 g/mol. The smallest absolute Gasteiger partial charge is 0.257 e. The summed E-state index contributed by atoms with van der Waals surface area (Å²) in [5.74, 6) is -0.892. The van der Waals surface area contributed by atoms with E-state index < -0.39 is 11.5 Å². The van der Waals surface area contributed by atoms with Gasteiger partial charge in [-0.2, -0.15) is 5.26 Å². The fourth-order valence-corrected chi connectivity index (χ4v) is 4.09. The molecule has 7 heteroatoms. The van der Waals surface area contributed by atoms with Crippen molar-refractivity contribution in [2.45, 2.75) is 18.9 Å². The van der Waals surface area contributed by atoms with E-state index in [1.54, 1.807) is 12.1 Å². The van der Waals surface area contributed by atoms with Gasteiger partial charge in [-0.1, -0.05) is 41.9 Å². The molecule has 32 heavy (non-hydrogen) atoms. The summed E-state index contributed by atoms with van der Waals surface area (Å²) in [5, 5.41) is 22.8. The summed E-state index contributed by atoms with van der Waals surface area (Å²) in [6.45, 7) is 2.04. The van der Waals surface area contributed by atoms with Gasteiger partial charge in [0.25, 0.3) is 5.91 Å². The monoisotopic (exact) mass is 449 g/mol. The Bertz CT molecular complexity index is 1220. The van der Waals surface area contributed by atoms with Crippen LogP contribution in [0.3, 0.4) is 0 Å². The van der Waals surface area contributed by atoms with E-state index in [0.29, 0.717) is 29.8 Å². The lowest BCUT2D eigenvalue weighted by atomic mass is 10.0. The number of nitrogens with zero attached hydrogens (tertiary/aromatic N) is 2. The Morgan fingerprint density at radius 3 is 2.69 bits per heavy atom. The number of β-amino-alcohol motifs (C(OH)–C–C–N with tert-alkyl or cyclic N) is 1. The summed E-state index contributed by atoms with van der Waals surface area (Å²) in [6.07, 6.45) is 0.629. The van der Waals surface area contributed by atoms with Crippen molar-refractivity contribution in [1.29, 1.82) is 5.26 Å². The molecule has 0 aliphatic carbocycles. The van der Waals surface area contributed by atoms with E-state index in [0.717, 1.165) is 16.8 Å². The molecule has 1 atom stereocenters. The third-order valence-electron chi connectivity index (χ3n) is 5.58. The summed E-state index contributed by atoms with van der Waals surface area (Å²) >= 11 is 6.02. The molecule has 0 saturated heterocycles. The number of amides is 1. The zero-order valence-electron chi connectivity index (χ0n) is 17.4. The van der Waals surface area contributed by atoms with Crippen molar-refractivity contribution in [3.63, 3.8) is 0 Å². The van der Waals surface area contributed by atoms with Gasteiger partial charge in [-0.25, -0.2) is 4.39 Å². The second-order valence-electron chi connectivity index (χ2n) is 8.03. The van der Waals surface area contributed by atoms with Gasteiger partial charge >= 0.3 is 0 Å². The van der Waals surface area contributed by atoms with Gasteiger partial charge < -0.3 is 15.3 Å². The Labute approximate surface area is 190 Å². The minimum absolute atomic E-state index is 0.0374. The molecule has 0 aromatic heterocycles. The van der Waals surface area contributed by atoms with Crippen LogP contribution in [0.4, 0.5) is 15.8 Å². The fraction of sp³-hybridized carbons (Fsp3) is 0.200. The largest absolute Gasteiger partial charge is 0.378 e. The van der Waals surface area contributed by atoms with Gasteiger partial charge in [-0.15, -0.1) is 0 Å². The van der Waals surface area contributed by atoms with Crippen molar-refractivity contribution < 1.29 is 14.3 Å². The maximum absolute atomic E-state index is 14.7. The van der Waals surface area contributed by atoms with Crippen molar-refractivity contribution >= 4 is 28.9 Å². The quantitative estimate of drug-likeness (QED) is 0.588. The van der Waals surface area contributed by atoms with Crippen LogP contribution in [0.5, 0.6) is 0 Å². The number of nitrogens with one attached hydrogen (secondary N) is 1. The van der Waals surface area contributed by atoms with E-state index in [2.05, 4.69) is 5.32 Å². The highest BCUT2D eigenvalue weighted by Crippen LogP contribution is 2.35. The van der Waals surface area contributed by atoms with Gasteiger partial charge in [0, 0.05) is 23.5 Å². The van der Waals surface area contributed by atoms with Crippen molar-refractivity contribution in [2.75, 3.05) is 23.3 Å². The molecule has 1 aliphatic heterocycles. The number of halogens is 2. The number of hydrogen-bond acceptors (Lipinski definition) is 4. The molecule has 3 aromatic rings. The third-order valence-corrected chi connectivity index (χ3v) is 5.89. The van der Waals surface area contributed by atoms with E-state index in [4.69, 9.17) is 16.9 Å². The molecule has 0 spiro atoms. The molecule has 1 heterocycles. The van der Waals surface area contributed by atoms with Gasteiger partial charge in [-0.05, 0) is 54.8 Å². The fourth-order valence-electron chi connectivity index (χ4n) is 3.87. The van der Waals surface area contributed by atoms with E-state index in [1.807, 2.05) is 41.3 Å². The van der Waals surface area contributed by atoms with Crippen LogP contribution in [0.1, 0.15) is 18.1 Å². The first-order chi connectivity index (χ1) is 15.3. The number of benzene rings is 3. The highest BCUT2D eigenvalue weighted by atomic mass is 35.5. The normalized spacial score (nSPS) is 14.4. The third kappa shape index (κ3) is 4.31. The predicted octanol–water partition coefficient (Wildman–Crippen LogP) is 4.77. The van der Waals surface area contributed by atoms with Gasteiger partial charge in [-0.3, -0.25) is 4.79 Å². The highest BCUT2D eigenvalue weighted by Gasteiger charge is 2.35. The van der Waals surface area contributed by atoms with Crippen LogP contribution >= 0.6 is 11.6 Å². The Kier molecular flexibility index (Phi) is 5.88. The molecule has 162 valence electrons. The lowest BCUT2D eigenvalue weighted by Gasteiger charge is -2.30. The van der Waals surface area contributed by atoms with Crippen LogP contribution in [0.2, 0.25) is 5.02 Å². The topological polar surface area (TPSA) is 76.4 Å². The first-order valence-corrected chi connectivity index (χ1v) is 10.5. The van der Waals surface area contributed by atoms with Crippen LogP contribution in [-0.4, -0.2) is 29.7 Å². The second kappa shape index (κ2) is 8.62. The maximum Gasteiger partial charge on any atom is 0.257 e. The van der Waals surface area contributed by atoms with E-state index >= 15 is 0 Å². The predicted molar refractivity (Wildman–Crippen MR) is 123 cm³/mol. The standard InChI is InChI=1S/C25H21ClFN3O2/c1-25(32,24(31)29-19-8-7-18(14-28)21(26)12-19)15-30-10-9-17-11-22(27)20(13-23(17)30)16-5-3-2-4-6-16/h2-8,11-13,32H,9-10,15H2,1H3,(H,29,31). The van der Waals surface area contributed by atoms with Crippen LogP contribution in [0.25, 0.3) is 11.1 Å². The number of hydrogen-bond donors (Lipinski definition) is 2. The lowest BCUT2D eigenvalue weighted by molar-refractivity contribution is -0.131. The van der Waals surface area contributed by atoms with Gasteiger partial charge in [0.15, 0.2) is 5.60 Å². The molecule has 2 N–H and O–H groups in total. The van der Waals surface area contributed by atoms with Crippen molar-refractivity contribution in [3.8, 4) is 17.2 Å². The lowest BCUT2D eigenvalue weighted by Crippen LogP contribution is -2.49. The molecule has 4 rings (SSSR count). The molecule has 0 radical (unpaired) electrons. The number of rotatable bonds is 5. The summed E-state index contributed by atoms with van der Waals surface area (Å²) in [7, 11) is 0. The molecule has 0 saturated carbocycles. The van der Waals surface area contributed by atoms with Crippen LogP contribution in [0, 0.1) is 17.1 Å². The van der Waals surface area contributed by atoms with Crippen molar-refractivity contribution in [1.82, 2.24) is 0 Å². The number of nitriles is 1. The van der Waals surface area contributed by atoms with Gasteiger partial charge in [0.2, 0.25) is 0 Å².